The van der Waals surface area contributed by atoms with Gasteiger partial charge < -0.3 is 55.5 Å². The maximum atomic E-state index is 11.3. The molecule has 13 heteroatoms. The van der Waals surface area contributed by atoms with Crippen molar-refractivity contribution in [2.45, 2.75) is 82.8 Å². The van der Waals surface area contributed by atoms with Gasteiger partial charge in [-0.05, 0) is 105 Å². The number of phenolic OH excluding ortho intramolecular Hbond substituents is 2. The third kappa shape index (κ3) is 11.3. The minimum absolute atomic E-state index is 0.0128. The highest BCUT2D eigenvalue weighted by atomic mass is 16.5. The van der Waals surface area contributed by atoms with Crippen molar-refractivity contribution in [3.63, 3.8) is 0 Å². The number of likely N-dealkylation sites (N-methyl/N-ethyl adjacent to an activating group) is 1. The predicted octanol–water partition coefficient (Wildman–Crippen LogP) is 3.20. The van der Waals surface area contributed by atoms with Crippen LogP contribution in [-0.4, -0.2) is 95.0 Å². The number of rotatable bonds is 20. The van der Waals surface area contributed by atoms with Gasteiger partial charge in [-0.15, -0.1) is 0 Å². The van der Waals surface area contributed by atoms with Gasteiger partial charge in [-0.3, -0.25) is 5.32 Å². The molecule has 50 heavy (non-hydrogen) atoms. The summed E-state index contributed by atoms with van der Waals surface area (Å²) in [5.74, 6) is 0.731. The summed E-state index contributed by atoms with van der Waals surface area (Å²) in [6, 6.07) is 12.4. The van der Waals surface area contributed by atoms with E-state index in [2.05, 4.69) is 15.6 Å². The highest BCUT2D eigenvalue weighted by Crippen LogP contribution is 2.45. The number of benzene rings is 2. The van der Waals surface area contributed by atoms with Crippen LogP contribution in [0.5, 0.6) is 28.7 Å². The molecule has 0 unspecified atom stereocenters. The van der Waals surface area contributed by atoms with Crippen LogP contribution in [0.4, 0.5) is 5.82 Å². The first-order valence-electron chi connectivity index (χ1n) is 17.4. The number of nitrogens with zero attached hydrogens (tertiary/aromatic N) is 1. The third-order valence-electron chi connectivity index (χ3n) is 8.91. The summed E-state index contributed by atoms with van der Waals surface area (Å²) in [6.45, 7) is 5.07. The van der Waals surface area contributed by atoms with E-state index in [9.17, 15) is 25.5 Å². The van der Waals surface area contributed by atoms with Crippen LogP contribution in [-0.2, 0) is 17.6 Å². The molecule has 0 saturated carbocycles. The number of aromatic nitrogens is 1. The lowest BCUT2D eigenvalue weighted by Crippen LogP contribution is -2.40. The molecule has 0 spiro atoms. The lowest BCUT2D eigenvalue weighted by atomic mass is 9.82. The van der Waals surface area contributed by atoms with Crippen molar-refractivity contribution in [2.75, 3.05) is 45.9 Å². The van der Waals surface area contributed by atoms with E-state index in [1.54, 1.807) is 37.4 Å². The molecular formula is C37H54N4O9. The molecule has 1 aliphatic heterocycles. The summed E-state index contributed by atoms with van der Waals surface area (Å²) < 4.78 is 24.0. The van der Waals surface area contributed by atoms with E-state index >= 15 is 0 Å². The number of aliphatic hydroxyl groups is 3. The monoisotopic (exact) mass is 698 g/mol. The highest BCUT2D eigenvalue weighted by molar-refractivity contribution is 5.53. The van der Waals surface area contributed by atoms with Gasteiger partial charge in [0, 0.05) is 31.3 Å². The maximum absolute atomic E-state index is 11.3. The molecule has 1 saturated heterocycles. The van der Waals surface area contributed by atoms with Crippen LogP contribution in [0.15, 0.2) is 48.7 Å². The normalized spacial score (nSPS) is 20.3. The quantitative estimate of drug-likeness (QED) is 0.0633. The number of ether oxygens (including phenoxy) is 4. The fourth-order valence-electron chi connectivity index (χ4n) is 6.31. The Labute approximate surface area is 294 Å². The number of hydrogen-bond acceptors (Lipinski definition) is 13. The van der Waals surface area contributed by atoms with E-state index in [1.807, 2.05) is 25.1 Å². The molecule has 4 rings (SSSR count). The van der Waals surface area contributed by atoms with Gasteiger partial charge in [0.1, 0.15) is 19.2 Å². The molecule has 0 amide bonds. The molecule has 1 fully saturated rings. The van der Waals surface area contributed by atoms with Crippen molar-refractivity contribution in [1.29, 1.82) is 0 Å². The zero-order valence-corrected chi connectivity index (χ0v) is 29.3. The van der Waals surface area contributed by atoms with E-state index in [4.69, 9.17) is 24.7 Å². The molecular weight excluding hydrogens is 644 g/mol. The summed E-state index contributed by atoms with van der Waals surface area (Å²) >= 11 is 0. The Hall–Kier alpha value is -3.85. The predicted molar refractivity (Wildman–Crippen MR) is 190 cm³/mol. The van der Waals surface area contributed by atoms with Crippen molar-refractivity contribution in [3.8, 4) is 28.7 Å². The topological polar surface area (TPSA) is 201 Å². The Kier molecular flexibility index (Phi) is 15.2. The van der Waals surface area contributed by atoms with Gasteiger partial charge in [0.25, 0.3) is 0 Å². The van der Waals surface area contributed by atoms with Gasteiger partial charge in [-0.1, -0.05) is 13.0 Å². The second kappa shape index (κ2) is 19.5. The fraction of sp³-hybridized carbons (Fsp3) is 0.541. The van der Waals surface area contributed by atoms with Gasteiger partial charge in [-0.25, -0.2) is 4.98 Å². The third-order valence-corrected chi connectivity index (χ3v) is 8.91. The Morgan fingerprint density at radius 3 is 2.52 bits per heavy atom. The van der Waals surface area contributed by atoms with Gasteiger partial charge in [0.15, 0.2) is 23.0 Å². The minimum atomic E-state index is -0.742. The molecule has 0 bridgehead atoms. The van der Waals surface area contributed by atoms with E-state index in [-0.39, 0.29) is 55.1 Å². The van der Waals surface area contributed by atoms with Crippen LogP contribution in [0.3, 0.4) is 0 Å². The summed E-state index contributed by atoms with van der Waals surface area (Å²) in [6.07, 6.45) is 2.92. The van der Waals surface area contributed by atoms with Gasteiger partial charge in [0.05, 0.1) is 31.5 Å². The summed E-state index contributed by atoms with van der Waals surface area (Å²) in [5.41, 5.74) is 8.51. The first-order chi connectivity index (χ1) is 24.1. The van der Waals surface area contributed by atoms with Crippen LogP contribution in [0.1, 0.15) is 62.3 Å². The molecule has 0 aliphatic carbocycles. The lowest BCUT2D eigenvalue weighted by molar-refractivity contribution is -0.144. The average Bonchev–Trinajstić information content (AvgIpc) is 3.09. The summed E-state index contributed by atoms with van der Waals surface area (Å²) in [5, 5.41) is 58.3. The van der Waals surface area contributed by atoms with Crippen molar-refractivity contribution in [3.05, 3.63) is 65.4 Å². The number of nitrogens with one attached hydrogen (secondary N) is 2. The number of methoxy groups -OCH3 is 1. The van der Waals surface area contributed by atoms with Crippen LogP contribution in [0.25, 0.3) is 0 Å². The first-order valence-corrected chi connectivity index (χ1v) is 17.4. The minimum Gasteiger partial charge on any atom is -0.504 e. The molecule has 276 valence electrons. The van der Waals surface area contributed by atoms with E-state index < -0.39 is 24.2 Å². The summed E-state index contributed by atoms with van der Waals surface area (Å²) in [7, 11) is 1.47. The largest absolute Gasteiger partial charge is 0.504 e. The van der Waals surface area contributed by atoms with Crippen molar-refractivity contribution in [2.24, 2.45) is 5.92 Å². The molecule has 13 nitrogen and oxygen atoms in total. The van der Waals surface area contributed by atoms with Crippen LogP contribution < -0.4 is 30.6 Å². The van der Waals surface area contributed by atoms with Crippen LogP contribution in [0, 0.1) is 5.92 Å². The average molecular weight is 699 g/mol. The Bertz CT molecular complexity index is 1480. The molecule has 2 aromatic carbocycles. The number of aryl methyl sites for hydroxylation is 2. The second-order valence-electron chi connectivity index (χ2n) is 12.9. The number of aliphatic hydroxyl groups excluding tert-OH is 3. The fourth-order valence-corrected chi connectivity index (χ4v) is 6.31. The first kappa shape index (κ1) is 38.9. The molecule has 6 atom stereocenters. The molecule has 2 heterocycles. The number of aromatic hydroxyl groups is 2. The van der Waals surface area contributed by atoms with Gasteiger partial charge in [-0.2, -0.15) is 0 Å². The number of pyridine rings is 1. The van der Waals surface area contributed by atoms with Crippen molar-refractivity contribution < 1.29 is 44.5 Å². The standard InChI is InChI=1S/C37H54N4O9/c1-4-40-27(8-5-25-11-13-41-35(38)16-25)21-48-34-18-26(17-33(47-3)36(34)46)37-29(12-14-42)31(45)19-28(50-37)9-6-24-7-10-30(44)32(15-24)49-22-39-20-23(2)43/h7,10-11,13,15-18,23,27-29,31,37,39-40,42-46H,4-6,8-9,12,14,19-22H2,1-3H3,(H2,38,41)/t23-,27+,28-,29-,31-,37+/m0/s1. The zero-order chi connectivity index (χ0) is 36.0. The number of hydrogen-bond donors (Lipinski definition) is 8. The van der Waals surface area contributed by atoms with E-state index in [0.717, 1.165) is 30.5 Å². The number of nitrogen functional groups attached to an aromatic ring is 1. The number of anilines is 1. The molecule has 0 radical (unpaired) electrons. The smallest absolute Gasteiger partial charge is 0.200 e. The van der Waals surface area contributed by atoms with Crippen molar-refractivity contribution in [1.82, 2.24) is 15.6 Å². The van der Waals surface area contributed by atoms with Crippen LogP contribution in [0.2, 0.25) is 0 Å². The van der Waals surface area contributed by atoms with E-state index in [1.165, 1.54) is 7.11 Å². The molecule has 1 aliphatic rings. The van der Waals surface area contributed by atoms with Crippen molar-refractivity contribution >= 4 is 5.82 Å². The lowest BCUT2D eigenvalue weighted by Gasteiger charge is -2.40. The molecule has 1 aromatic heterocycles. The van der Waals surface area contributed by atoms with Crippen LogP contribution >= 0.6 is 0 Å². The molecule has 9 N–H and O–H groups in total. The molecule has 3 aromatic rings. The maximum Gasteiger partial charge on any atom is 0.200 e. The number of nitrogens with two attached hydrogens (primary N) is 1. The Morgan fingerprint density at radius 2 is 1.80 bits per heavy atom. The SMILES string of the molecule is CCN[C@H](CCc1ccnc(N)c1)COc1cc([C@H]2O[C@@H](CCc3ccc(O)c(OCNC[C@H](C)O)c3)C[C@H](O)[C@@H]2CCO)cc(OC)c1O. The summed E-state index contributed by atoms with van der Waals surface area (Å²) in [4.78, 5) is 4.06. The van der Waals surface area contributed by atoms with Gasteiger partial charge >= 0.3 is 0 Å². The van der Waals surface area contributed by atoms with E-state index in [0.29, 0.717) is 49.4 Å². The van der Waals surface area contributed by atoms with Gasteiger partial charge in [0.2, 0.25) is 5.75 Å². The Morgan fingerprint density at radius 1 is 1.02 bits per heavy atom. The second-order valence-corrected chi connectivity index (χ2v) is 12.9. The number of phenols is 2. The highest BCUT2D eigenvalue weighted by Gasteiger charge is 2.39. The zero-order valence-electron chi connectivity index (χ0n) is 29.3. The Balaban J connectivity index is 1.47.